The van der Waals surface area contributed by atoms with Crippen LogP contribution in [0.15, 0.2) is 60.9 Å². The number of amides is 1. The first-order valence-electron chi connectivity index (χ1n) is 8.51. The number of rotatable bonds is 5. The molecule has 0 aliphatic carbocycles. The molecule has 1 heterocycles. The number of benzene rings is 2. The zero-order valence-electron chi connectivity index (χ0n) is 15.0. The molecule has 3 aromatic rings. The molecule has 2 aromatic carbocycles. The number of aromatic nitrogens is 1. The van der Waals surface area contributed by atoms with E-state index in [0.717, 1.165) is 17.3 Å². The minimum absolute atomic E-state index is 0.0927. The topological polar surface area (TPSA) is 54.0 Å². The number of anilines is 3. The Morgan fingerprint density at radius 2 is 1.78 bits per heavy atom. The number of carbonyl (C=O) groups is 1. The van der Waals surface area contributed by atoms with Crippen LogP contribution >= 0.6 is 0 Å². The molecular weight excluding hydrogens is 348 g/mol. The SMILES string of the molecule is CC(C)c1ccccc1Nc1cncc(C(=O)Nc2ccc(F)cc2F)c1. The molecule has 0 aliphatic rings. The van der Waals surface area contributed by atoms with Crippen LogP contribution in [0.5, 0.6) is 0 Å². The Hall–Kier alpha value is -3.28. The maximum atomic E-state index is 13.7. The van der Waals surface area contributed by atoms with Crippen molar-refractivity contribution in [2.24, 2.45) is 0 Å². The predicted molar refractivity (Wildman–Crippen MR) is 102 cm³/mol. The van der Waals surface area contributed by atoms with Gasteiger partial charge in [-0.15, -0.1) is 0 Å². The first-order valence-corrected chi connectivity index (χ1v) is 8.51. The van der Waals surface area contributed by atoms with Gasteiger partial charge in [0.1, 0.15) is 11.6 Å². The van der Waals surface area contributed by atoms with Gasteiger partial charge in [-0.2, -0.15) is 0 Å². The molecule has 1 aromatic heterocycles. The molecule has 0 bridgehead atoms. The number of nitrogens with one attached hydrogen (secondary N) is 2. The van der Waals surface area contributed by atoms with Crippen molar-refractivity contribution in [1.29, 1.82) is 0 Å². The number of hydrogen-bond donors (Lipinski definition) is 2. The molecule has 0 unspecified atom stereocenters. The first kappa shape index (κ1) is 18.5. The summed E-state index contributed by atoms with van der Waals surface area (Å²) in [6.07, 6.45) is 2.99. The first-order chi connectivity index (χ1) is 12.9. The number of halogens is 2. The van der Waals surface area contributed by atoms with Crippen LogP contribution in [0.25, 0.3) is 0 Å². The lowest BCUT2D eigenvalue weighted by Crippen LogP contribution is -2.13. The molecule has 2 N–H and O–H groups in total. The largest absolute Gasteiger partial charge is 0.354 e. The van der Waals surface area contributed by atoms with Crippen molar-refractivity contribution in [3.8, 4) is 0 Å². The van der Waals surface area contributed by atoms with E-state index in [1.54, 1.807) is 12.3 Å². The summed E-state index contributed by atoms with van der Waals surface area (Å²) < 4.78 is 26.7. The highest BCUT2D eigenvalue weighted by Gasteiger charge is 2.12. The van der Waals surface area contributed by atoms with E-state index in [9.17, 15) is 13.6 Å². The average Bonchev–Trinajstić information content (AvgIpc) is 2.64. The van der Waals surface area contributed by atoms with Crippen molar-refractivity contribution in [2.75, 3.05) is 10.6 Å². The molecule has 1 amide bonds. The molecule has 3 rings (SSSR count). The summed E-state index contributed by atoms with van der Waals surface area (Å²) in [6, 6.07) is 12.5. The molecule has 0 spiro atoms. The molecule has 0 atom stereocenters. The van der Waals surface area contributed by atoms with Gasteiger partial charge in [-0.3, -0.25) is 9.78 Å². The van der Waals surface area contributed by atoms with E-state index in [2.05, 4.69) is 29.5 Å². The van der Waals surface area contributed by atoms with Crippen molar-refractivity contribution in [3.05, 3.63) is 83.7 Å². The number of hydrogen-bond acceptors (Lipinski definition) is 3. The summed E-state index contributed by atoms with van der Waals surface area (Å²) in [4.78, 5) is 16.5. The zero-order valence-corrected chi connectivity index (χ0v) is 15.0. The van der Waals surface area contributed by atoms with Gasteiger partial charge in [-0.05, 0) is 35.7 Å². The Morgan fingerprint density at radius 1 is 1.00 bits per heavy atom. The van der Waals surface area contributed by atoms with Crippen LogP contribution in [0.4, 0.5) is 25.8 Å². The van der Waals surface area contributed by atoms with Gasteiger partial charge in [-0.1, -0.05) is 32.0 Å². The van der Waals surface area contributed by atoms with Gasteiger partial charge < -0.3 is 10.6 Å². The van der Waals surface area contributed by atoms with Crippen LogP contribution < -0.4 is 10.6 Å². The number of carbonyl (C=O) groups excluding carboxylic acids is 1. The lowest BCUT2D eigenvalue weighted by Gasteiger charge is -2.15. The molecule has 0 fully saturated rings. The second-order valence-electron chi connectivity index (χ2n) is 6.41. The maximum absolute atomic E-state index is 13.7. The lowest BCUT2D eigenvalue weighted by atomic mass is 10.0. The second kappa shape index (κ2) is 7.95. The summed E-state index contributed by atoms with van der Waals surface area (Å²) in [5, 5.41) is 5.69. The van der Waals surface area contributed by atoms with Gasteiger partial charge in [-0.25, -0.2) is 8.78 Å². The van der Waals surface area contributed by atoms with Gasteiger partial charge in [0.15, 0.2) is 0 Å². The van der Waals surface area contributed by atoms with Crippen LogP contribution in [0.2, 0.25) is 0 Å². The average molecular weight is 367 g/mol. The smallest absolute Gasteiger partial charge is 0.257 e. The van der Waals surface area contributed by atoms with E-state index in [1.165, 1.54) is 12.3 Å². The van der Waals surface area contributed by atoms with Gasteiger partial charge in [0.25, 0.3) is 5.91 Å². The third-order valence-corrected chi connectivity index (χ3v) is 4.04. The Labute approximate surface area is 156 Å². The molecular formula is C21H19F2N3O. The molecule has 0 saturated carbocycles. The van der Waals surface area contributed by atoms with Gasteiger partial charge >= 0.3 is 0 Å². The molecule has 138 valence electrons. The third-order valence-electron chi connectivity index (χ3n) is 4.04. The molecule has 0 aliphatic heterocycles. The van der Waals surface area contributed by atoms with E-state index >= 15 is 0 Å². The normalized spacial score (nSPS) is 10.7. The molecule has 0 radical (unpaired) electrons. The van der Waals surface area contributed by atoms with E-state index < -0.39 is 17.5 Å². The minimum atomic E-state index is -0.837. The molecule has 4 nitrogen and oxygen atoms in total. The molecule has 0 saturated heterocycles. The highest BCUT2D eigenvalue weighted by atomic mass is 19.1. The fourth-order valence-corrected chi connectivity index (χ4v) is 2.69. The minimum Gasteiger partial charge on any atom is -0.354 e. The van der Waals surface area contributed by atoms with Gasteiger partial charge in [0, 0.05) is 18.0 Å². The highest BCUT2D eigenvalue weighted by Crippen LogP contribution is 2.27. The highest BCUT2D eigenvalue weighted by molar-refractivity contribution is 6.04. The van der Waals surface area contributed by atoms with Crippen molar-refractivity contribution < 1.29 is 13.6 Å². The van der Waals surface area contributed by atoms with Crippen molar-refractivity contribution in [3.63, 3.8) is 0 Å². The summed E-state index contributed by atoms with van der Waals surface area (Å²) in [7, 11) is 0. The van der Waals surface area contributed by atoms with Crippen LogP contribution in [0.1, 0.15) is 35.7 Å². The number of para-hydroxylation sites is 1. The Morgan fingerprint density at radius 3 is 2.52 bits per heavy atom. The summed E-state index contributed by atoms with van der Waals surface area (Å²) in [5.74, 6) is -1.75. The summed E-state index contributed by atoms with van der Waals surface area (Å²) in [5.41, 5.74) is 2.86. The third kappa shape index (κ3) is 4.47. The van der Waals surface area contributed by atoms with Crippen molar-refractivity contribution >= 4 is 23.0 Å². The Balaban J connectivity index is 1.80. The molecule has 27 heavy (non-hydrogen) atoms. The van der Waals surface area contributed by atoms with E-state index in [-0.39, 0.29) is 11.3 Å². The lowest BCUT2D eigenvalue weighted by molar-refractivity contribution is 0.102. The van der Waals surface area contributed by atoms with Gasteiger partial charge in [0.2, 0.25) is 0 Å². The fourth-order valence-electron chi connectivity index (χ4n) is 2.69. The Kier molecular flexibility index (Phi) is 5.45. The van der Waals surface area contributed by atoms with Crippen molar-refractivity contribution in [1.82, 2.24) is 4.98 Å². The zero-order chi connectivity index (χ0) is 19.4. The standard InChI is InChI=1S/C21H19F2N3O/c1-13(2)17-5-3-4-6-19(17)25-16-9-14(11-24-12-16)21(27)26-20-8-7-15(22)10-18(20)23/h3-13,25H,1-2H3,(H,26,27). The molecule has 6 heteroatoms. The van der Waals surface area contributed by atoms with E-state index in [0.29, 0.717) is 17.7 Å². The van der Waals surface area contributed by atoms with Crippen LogP contribution in [0, 0.1) is 11.6 Å². The second-order valence-corrected chi connectivity index (χ2v) is 6.41. The van der Waals surface area contributed by atoms with E-state index in [1.807, 2.05) is 24.3 Å². The summed E-state index contributed by atoms with van der Waals surface area (Å²) in [6.45, 7) is 4.19. The quantitative estimate of drug-likeness (QED) is 0.628. The fraction of sp³-hybridized carbons (Fsp3) is 0.143. The number of pyridine rings is 1. The van der Waals surface area contributed by atoms with Crippen molar-refractivity contribution in [2.45, 2.75) is 19.8 Å². The number of nitrogens with zero attached hydrogens (tertiary/aromatic N) is 1. The summed E-state index contributed by atoms with van der Waals surface area (Å²) >= 11 is 0. The van der Waals surface area contributed by atoms with Crippen LogP contribution in [0.3, 0.4) is 0 Å². The predicted octanol–water partition coefficient (Wildman–Crippen LogP) is 5.48. The van der Waals surface area contributed by atoms with Crippen LogP contribution in [-0.2, 0) is 0 Å². The maximum Gasteiger partial charge on any atom is 0.257 e. The Bertz CT molecular complexity index is 973. The van der Waals surface area contributed by atoms with Gasteiger partial charge in [0.05, 0.1) is 23.1 Å². The van der Waals surface area contributed by atoms with Crippen LogP contribution in [-0.4, -0.2) is 10.9 Å². The van der Waals surface area contributed by atoms with E-state index in [4.69, 9.17) is 0 Å². The monoisotopic (exact) mass is 367 g/mol.